The lowest BCUT2D eigenvalue weighted by atomic mass is 9.93. The van der Waals surface area contributed by atoms with Gasteiger partial charge in [0.1, 0.15) is 5.69 Å². The van der Waals surface area contributed by atoms with E-state index < -0.39 is 0 Å². The molecule has 94 valence electrons. The Hall–Kier alpha value is -1.16. The van der Waals surface area contributed by atoms with Crippen molar-refractivity contribution in [2.24, 2.45) is 7.05 Å². The van der Waals surface area contributed by atoms with E-state index in [0.29, 0.717) is 17.7 Å². The van der Waals surface area contributed by atoms with Crippen LogP contribution in [0.4, 0.5) is 0 Å². The third kappa shape index (κ3) is 2.57. The van der Waals surface area contributed by atoms with Crippen LogP contribution in [-0.2, 0) is 7.05 Å². The normalized spacial score (nSPS) is 18.8. The highest BCUT2D eigenvalue weighted by Gasteiger charge is 2.24. The summed E-state index contributed by atoms with van der Waals surface area (Å²) in [6, 6.07) is 2.56. The first kappa shape index (κ1) is 12.3. The fourth-order valence-corrected chi connectivity index (χ4v) is 2.53. The van der Waals surface area contributed by atoms with Crippen molar-refractivity contribution in [1.82, 2.24) is 14.7 Å². The number of nitrogens with zero attached hydrogens (tertiary/aromatic N) is 3. The number of hydrogen-bond acceptors (Lipinski definition) is 3. The van der Waals surface area contributed by atoms with Crippen molar-refractivity contribution in [3.05, 3.63) is 17.5 Å². The van der Waals surface area contributed by atoms with E-state index in [0.717, 1.165) is 37.9 Å². The molecule has 4 nitrogen and oxygen atoms in total. The van der Waals surface area contributed by atoms with E-state index in [-0.39, 0.29) is 0 Å². The minimum Gasteiger partial charge on any atom is -0.301 e. The maximum atomic E-state index is 10.8. The molecule has 0 saturated carbocycles. The van der Waals surface area contributed by atoms with Crippen LogP contribution in [-0.4, -0.2) is 40.1 Å². The fraction of sp³-hybridized carbons (Fsp3) is 0.692. The number of aryl methyl sites for hydroxylation is 1. The SMILES string of the molecule is CC(C)N1CCC(c2cc(C=O)n(C)n2)CC1. The molecule has 17 heavy (non-hydrogen) atoms. The van der Waals surface area contributed by atoms with Gasteiger partial charge in [-0.25, -0.2) is 0 Å². The summed E-state index contributed by atoms with van der Waals surface area (Å²) >= 11 is 0. The van der Waals surface area contributed by atoms with E-state index in [4.69, 9.17) is 0 Å². The molecule has 4 heteroatoms. The second kappa shape index (κ2) is 5.00. The second-order valence-corrected chi connectivity index (χ2v) is 5.14. The molecule has 2 rings (SSSR count). The number of hydrogen-bond donors (Lipinski definition) is 0. The van der Waals surface area contributed by atoms with Gasteiger partial charge in [-0.3, -0.25) is 9.48 Å². The zero-order valence-electron chi connectivity index (χ0n) is 10.9. The molecular formula is C13H21N3O. The highest BCUT2D eigenvalue weighted by Crippen LogP contribution is 2.27. The molecule has 1 fully saturated rings. The monoisotopic (exact) mass is 235 g/mol. The number of carbonyl (C=O) groups excluding carboxylic acids is 1. The number of carbonyl (C=O) groups is 1. The lowest BCUT2D eigenvalue weighted by Crippen LogP contribution is -2.37. The first-order valence-corrected chi connectivity index (χ1v) is 6.35. The molecule has 1 aromatic rings. The van der Waals surface area contributed by atoms with E-state index in [1.165, 1.54) is 0 Å². The summed E-state index contributed by atoms with van der Waals surface area (Å²) in [5.74, 6) is 0.518. The van der Waals surface area contributed by atoms with E-state index in [9.17, 15) is 4.79 Å². The van der Waals surface area contributed by atoms with Crippen molar-refractivity contribution in [3.8, 4) is 0 Å². The molecule has 0 N–H and O–H groups in total. The molecule has 0 radical (unpaired) electrons. The Balaban J connectivity index is 2.02. The second-order valence-electron chi connectivity index (χ2n) is 5.14. The van der Waals surface area contributed by atoms with Crippen LogP contribution in [0.2, 0.25) is 0 Å². The summed E-state index contributed by atoms with van der Waals surface area (Å²) in [6.45, 7) is 6.75. The Bertz CT molecular complexity index is 389. The van der Waals surface area contributed by atoms with Gasteiger partial charge in [-0.1, -0.05) is 0 Å². The number of piperidine rings is 1. The quantitative estimate of drug-likeness (QED) is 0.750. The third-order valence-corrected chi connectivity index (χ3v) is 3.73. The Morgan fingerprint density at radius 1 is 1.41 bits per heavy atom. The van der Waals surface area contributed by atoms with Gasteiger partial charge in [0.05, 0.1) is 5.69 Å². The van der Waals surface area contributed by atoms with Gasteiger partial charge in [0, 0.05) is 19.0 Å². The fourth-order valence-electron chi connectivity index (χ4n) is 2.53. The summed E-state index contributed by atoms with van der Waals surface area (Å²) in [7, 11) is 1.83. The maximum Gasteiger partial charge on any atom is 0.168 e. The molecule has 0 aromatic carbocycles. The zero-order chi connectivity index (χ0) is 12.4. The summed E-state index contributed by atoms with van der Waals surface area (Å²) in [4.78, 5) is 13.3. The molecule has 2 heterocycles. The third-order valence-electron chi connectivity index (χ3n) is 3.73. The van der Waals surface area contributed by atoms with Crippen LogP contribution in [0.25, 0.3) is 0 Å². The first-order chi connectivity index (χ1) is 8.11. The van der Waals surface area contributed by atoms with Crippen LogP contribution in [0.15, 0.2) is 6.07 Å². The molecule has 0 amide bonds. The molecular weight excluding hydrogens is 214 g/mol. The average molecular weight is 235 g/mol. The van der Waals surface area contributed by atoms with Gasteiger partial charge in [-0.15, -0.1) is 0 Å². The Labute approximate surface area is 103 Å². The van der Waals surface area contributed by atoms with Crippen LogP contribution in [0.1, 0.15) is 48.8 Å². The first-order valence-electron chi connectivity index (χ1n) is 6.35. The van der Waals surface area contributed by atoms with Crippen LogP contribution < -0.4 is 0 Å². The van der Waals surface area contributed by atoms with Crippen LogP contribution in [0.3, 0.4) is 0 Å². The van der Waals surface area contributed by atoms with Crippen molar-refractivity contribution in [2.75, 3.05) is 13.1 Å². The number of aromatic nitrogens is 2. The number of likely N-dealkylation sites (tertiary alicyclic amines) is 1. The highest BCUT2D eigenvalue weighted by molar-refractivity contribution is 5.72. The highest BCUT2D eigenvalue weighted by atomic mass is 16.1. The van der Waals surface area contributed by atoms with Crippen molar-refractivity contribution >= 4 is 6.29 Å². The van der Waals surface area contributed by atoms with E-state index in [1.54, 1.807) is 4.68 Å². The lowest BCUT2D eigenvalue weighted by Gasteiger charge is -2.33. The minimum atomic E-state index is 0.518. The predicted octanol–water partition coefficient (Wildman–Crippen LogP) is 1.82. The molecule has 1 aromatic heterocycles. The van der Waals surface area contributed by atoms with E-state index in [1.807, 2.05) is 13.1 Å². The Morgan fingerprint density at radius 2 is 2.06 bits per heavy atom. The molecule has 0 bridgehead atoms. The number of rotatable bonds is 3. The Kier molecular flexibility index (Phi) is 3.62. The zero-order valence-corrected chi connectivity index (χ0v) is 10.9. The van der Waals surface area contributed by atoms with Crippen molar-refractivity contribution in [3.63, 3.8) is 0 Å². The minimum absolute atomic E-state index is 0.518. The van der Waals surface area contributed by atoms with Gasteiger partial charge in [0.25, 0.3) is 0 Å². The topological polar surface area (TPSA) is 38.1 Å². The van der Waals surface area contributed by atoms with Crippen LogP contribution in [0.5, 0.6) is 0 Å². The van der Waals surface area contributed by atoms with E-state index >= 15 is 0 Å². The van der Waals surface area contributed by atoms with Gasteiger partial charge < -0.3 is 4.90 Å². The summed E-state index contributed by atoms with van der Waals surface area (Å²) in [6.07, 6.45) is 3.17. The van der Waals surface area contributed by atoms with Gasteiger partial charge in [0.15, 0.2) is 6.29 Å². The Morgan fingerprint density at radius 3 is 2.53 bits per heavy atom. The molecule has 0 unspecified atom stereocenters. The largest absolute Gasteiger partial charge is 0.301 e. The molecule has 1 aliphatic heterocycles. The smallest absolute Gasteiger partial charge is 0.168 e. The van der Waals surface area contributed by atoms with Gasteiger partial charge in [-0.2, -0.15) is 5.10 Å². The predicted molar refractivity (Wildman–Crippen MR) is 67.3 cm³/mol. The molecule has 0 atom stereocenters. The molecule has 0 aliphatic carbocycles. The maximum absolute atomic E-state index is 10.8. The summed E-state index contributed by atoms with van der Waals surface area (Å²) in [5, 5.41) is 4.44. The van der Waals surface area contributed by atoms with Crippen molar-refractivity contribution in [2.45, 2.75) is 38.6 Å². The van der Waals surface area contributed by atoms with Crippen LogP contribution >= 0.6 is 0 Å². The van der Waals surface area contributed by atoms with Gasteiger partial charge in [-0.05, 0) is 45.8 Å². The standard InChI is InChI=1S/C13H21N3O/c1-10(2)16-6-4-11(5-7-16)13-8-12(9-17)15(3)14-13/h8-11H,4-7H2,1-3H3. The lowest BCUT2D eigenvalue weighted by molar-refractivity contribution is 0.111. The van der Waals surface area contributed by atoms with E-state index in [2.05, 4.69) is 23.8 Å². The van der Waals surface area contributed by atoms with Crippen molar-refractivity contribution in [1.29, 1.82) is 0 Å². The molecule has 1 aliphatic rings. The van der Waals surface area contributed by atoms with Crippen LogP contribution in [0, 0.1) is 0 Å². The van der Waals surface area contributed by atoms with Gasteiger partial charge >= 0.3 is 0 Å². The van der Waals surface area contributed by atoms with Gasteiger partial charge in [0.2, 0.25) is 0 Å². The molecule has 1 saturated heterocycles. The average Bonchev–Trinajstić information content (AvgIpc) is 2.70. The summed E-state index contributed by atoms with van der Waals surface area (Å²) < 4.78 is 1.68. The molecule has 0 spiro atoms. The van der Waals surface area contributed by atoms with Crippen molar-refractivity contribution < 1.29 is 4.79 Å². The summed E-state index contributed by atoms with van der Waals surface area (Å²) in [5.41, 5.74) is 1.75. The number of aldehydes is 1.